The van der Waals surface area contributed by atoms with Crippen LogP contribution in [0.1, 0.15) is 17.0 Å². The van der Waals surface area contributed by atoms with E-state index in [9.17, 15) is 41.0 Å². The molecule has 44 heavy (non-hydrogen) atoms. The van der Waals surface area contributed by atoms with Crippen molar-refractivity contribution in [3.8, 4) is 11.4 Å². The number of hydrogen-bond acceptors (Lipinski definition) is 7. The zero-order valence-electron chi connectivity index (χ0n) is 22.2. The Balaban J connectivity index is 1.55. The van der Waals surface area contributed by atoms with Crippen LogP contribution in [0.5, 0.6) is 5.75 Å². The molecule has 0 bridgehead atoms. The third kappa shape index (κ3) is 6.01. The summed E-state index contributed by atoms with van der Waals surface area (Å²) in [6, 6.07) is 15.7. The SMILES string of the molecule is O=C(COc1ccc2nc(Cc3ccccc3)n(-c3ccc(C(O)(C(F)(F)F)C(F)(F)F)cc3)c(=O)c2c1)Nc1nccs1. The molecule has 5 rings (SSSR count). The lowest BCUT2D eigenvalue weighted by molar-refractivity contribution is -0.376. The van der Waals surface area contributed by atoms with Crippen molar-refractivity contribution < 1.29 is 41.0 Å². The number of nitrogens with one attached hydrogen (secondary N) is 1. The van der Waals surface area contributed by atoms with Crippen molar-refractivity contribution in [1.82, 2.24) is 14.5 Å². The smallest absolute Gasteiger partial charge is 0.430 e. The molecule has 2 heterocycles. The number of nitrogens with zero attached hydrogens (tertiary/aromatic N) is 3. The summed E-state index contributed by atoms with van der Waals surface area (Å²) >= 11 is 1.21. The molecular formula is C29H20F6N4O4S. The summed E-state index contributed by atoms with van der Waals surface area (Å²) in [5.41, 5.74) is -6.45. The summed E-state index contributed by atoms with van der Waals surface area (Å²) in [7, 11) is 0. The third-order valence-electron chi connectivity index (χ3n) is 6.53. The van der Waals surface area contributed by atoms with Gasteiger partial charge in [-0.1, -0.05) is 42.5 Å². The van der Waals surface area contributed by atoms with Crippen LogP contribution in [0.3, 0.4) is 0 Å². The maximum absolute atomic E-state index is 13.8. The predicted octanol–water partition coefficient (Wildman–Crippen LogP) is 5.76. The molecule has 15 heteroatoms. The molecule has 2 aromatic heterocycles. The Morgan fingerprint density at radius 1 is 0.955 bits per heavy atom. The van der Waals surface area contributed by atoms with Crippen LogP contribution in [0.15, 0.2) is 89.2 Å². The molecule has 0 fully saturated rings. The molecule has 0 spiro atoms. The largest absolute Gasteiger partial charge is 0.484 e. The molecule has 228 valence electrons. The first-order valence-corrected chi connectivity index (χ1v) is 13.5. The summed E-state index contributed by atoms with van der Waals surface area (Å²) in [5.74, 6) is -0.241. The van der Waals surface area contributed by atoms with Crippen LogP contribution in [-0.4, -0.2) is 44.5 Å². The Labute approximate surface area is 248 Å². The van der Waals surface area contributed by atoms with Crippen molar-refractivity contribution in [3.63, 3.8) is 0 Å². The highest BCUT2D eigenvalue weighted by Crippen LogP contribution is 2.50. The molecule has 0 aliphatic carbocycles. The first-order valence-electron chi connectivity index (χ1n) is 12.7. The molecule has 0 radical (unpaired) electrons. The minimum absolute atomic E-state index is 0.00538. The Hall–Kier alpha value is -4.76. The first-order chi connectivity index (χ1) is 20.8. The molecule has 8 nitrogen and oxygen atoms in total. The van der Waals surface area contributed by atoms with Crippen LogP contribution >= 0.6 is 11.3 Å². The van der Waals surface area contributed by atoms with E-state index in [0.717, 1.165) is 22.3 Å². The average molecular weight is 635 g/mol. The summed E-state index contributed by atoms with van der Waals surface area (Å²) in [6.45, 7) is -0.415. The summed E-state index contributed by atoms with van der Waals surface area (Å²) in [6.07, 6.45) is -10.5. The van der Waals surface area contributed by atoms with Crippen LogP contribution in [0.4, 0.5) is 31.5 Å². The van der Waals surface area contributed by atoms with Gasteiger partial charge < -0.3 is 9.84 Å². The topological polar surface area (TPSA) is 106 Å². The number of halogens is 6. The van der Waals surface area contributed by atoms with E-state index in [1.807, 2.05) is 0 Å². The Morgan fingerprint density at radius 3 is 2.25 bits per heavy atom. The molecule has 1 amide bonds. The number of carbonyl (C=O) groups is 1. The second-order valence-electron chi connectivity index (χ2n) is 9.44. The number of ether oxygens (including phenoxy) is 1. The van der Waals surface area contributed by atoms with E-state index >= 15 is 0 Å². The number of aromatic nitrogens is 3. The molecule has 0 aliphatic rings. The van der Waals surface area contributed by atoms with Gasteiger partial charge in [-0.2, -0.15) is 26.3 Å². The van der Waals surface area contributed by atoms with Gasteiger partial charge in [-0.25, -0.2) is 9.97 Å². The second-order valence-corrected chi connectivity index (χ2v) is 10.3. The minimum Gasteiger partial charge on any atom is -0.484 e. The fraction of sp³-hybridized carbons (Fsp3) is 0.172. The zero-order chi connectivity index (χ0) is 31.7. The Kier molecular flexibility index (Phi) is 8.18. The summed E-state index contributed by atoms with van der Waals surface area (Å²) in [4.78, 5) is 34.5. The zero-order valence-corrected chi connectivity index (χ0v) is 23.0. The second kappa shape index (κ2) is 11.7. The molecule has 0 aliphatic heterocycles. The third-order valence-corrected chi connectivity index (χ3v) is 7.22. The van der Waals surface area contributed by atoms with Crippen LogP contribution < -0.4 is 15.6 Å². The molecule has 0 unspecified atom stereocenters. The predicted molar refractivity (Wildman–Crippen MR) is 149 cm³/mol. The fourth-order valence-corrected chi connectivity index (χ4v) is 4.94. The highest BCUT2D eigenvalue weighted by atomic mass is 32.1. The lowest BCUT2D eigenvalue weighted by Gasteiger charge is -2.32. The number of amides is 1. The Morgan fingerprint density at radius 2 is 1.64 bits per heavy atom. The number of alkyl halides is 6. The van der Waals surface area contributed by atoms with Gasteiger partial charge in [0.05, 0.1) is 16.6 Å². The van der Waals surface area contributed by atoms with Gasteiger partial charge in [-0.05, 0) is 35.9 Å². The number of hydrogen-bond donors (Lipinski definition) is 2. The average Bonchev–Trinajstić information content (AvgIpc) is 3.48. The van der Waals surface area contributed by atoms with Crippen LogP contribution in [0.25, 0.3) is 16.6 Å². The van der Waals surface area contributed by atoms with Crippen LogP contribution in [-0.2, 0) is 16.8 Å². The summed E-state index contributed by atoms with van der Waals surface area (Å²) in [5, 5.41) is 14.4. The van der Waals surface area contributed by atoms with E-state index in [0.29, 0.717) is 17.3 Å². The maximum atomic E-state index is 13.8. The van der Waals surface area contributed by atoms with Gasteiger partial charge in [0.25, 0.3) is 17.1 Å². The monoisotopic (exact) mass is 634 g/mol. The highest BCUT2D eigenvalue weighted by Gasteiger charge is 2.71. The van der Waals surface area contributed by atoms with Gasteiger partial charge in [0, 0.05) is 23.6 Å². The van der Waals surface area contributed by atoms with E-state index < -0.39 is 41.6 Å². The van der Waals surface area contributed by atoms with Crippen molar-refractivity contribution in [2.75, 3.05) is 11.9 Å². The number of benzene rings is 3. The van der Waals surface area contributed by atoms with Gasteiger partial charge in [-0.3, -0.25) is 19.5 Å². The van der Waals surface area contributed by atoms with Crippen LogP contribution in [0, 0.1) is 0 Å². The van der Waals surface area contributed by atoms with E-state index in [2.05, 4.69) is 15.3 Å². The van der Waals surface area contributed by atoms with Crippen molar-refractivity contribution >= 4 is 33.3 Å². The van der Waals surface area contributed by atoms with Crippen molar-refractivity contribution in [3.05, 3.63) is 112 Å². The lowest BCUT2D eigenvalue weighted by Crippen LogP contribution is -2.53. The van der Waals surface area contributed by atoms with Crippen LogP contribution in [0.2, 0.25) is 0 Å². The van der Waals surface area contributed by atoms with Gasteiger partial charge in [0.15, 0.2) is 11.7 Å². The van der Waals surface area contributed by atoms with E-state index in [1.54, 1.807) is 35.7 Å². The van der Waals surface area contributed by atoms with Gasteiger partial charge in [0.2, 0.25) is 0 Å². The molecule has 0 saturated heterocycles. The van der Waals surface area contributed by atoms with Crippen molar-refractivity contribution in [2.24, 2.45) is 0 Å². The normalized spacial score (nSPS) is 12.3. The Bertz CT molecular complexity index is 1830. The molecule has 5 aromatic rings. The first kappa shape index (κ1) is 30.7. The van der Waals surface area contributed by atoms with Crippen molar-refractivity contribution in [2.45, 2.75) is 24.4 Å². The molecule has 0 saturated carbocycles. The van der Waals surface area contributed by atoms with Gasteiger partial charge in [0.1, 0.15) is 11.6 Å². The van der Waals surface area contributed by atoms with E-state index in [4.69, 9.17) is 4.74 Å². The lowest BCUT2D eigenvalue weighted by atomic mass is 9.92. The quantitative estimate of drug-likeness (QED) is 0.210. The van der Waals surface area contributed by atoms with Crippen molar-refractivity contribution in [1.29, 1.82) is 0 Å². The fourth-order valence-electron chi connectivity index (χ4n) is 4.39. The maximum Gasteiger partial charge on any atom is 0.430 e. The van der Waals surface area contributed by atoms with Gasteiger partial charge >= 0.3 is 12.4 Å². The molecule has 3 aromatic carbocycles. The molecule has 2 N–H and O–H groups in total. The van der Waals surface area contributed by atoms with E-state index in [1.165, 1.54) is 35.7 Å². The number of aliphatic hydroxyl groups is 1. The number of rotatable bonds is 8. The minimum atomic E-state index is -6.07. The van der Waals surface area contributed by atoms with Gasteiger partial charge in [-0.15, -0.1) is 11.3 Å². The molecule has 0 atom stereocenters. The number of fused-ring (bicyclic) bond motifs is 1. The summed E-state index contributed by atoms with van der Waals surface area (Å²) < 4.78 is 87.1. The molecular weight excluding hydrogens is 614 g/mol. The number of carbonyl (C=O) groups excluding carboxylic acids is 1. The number of anilines is 1. The number of thiazole rings is 1. The standard InChI is InChI=1S/C29H20F6N4O4S/c30-28(31,32)27(42,29(33,34)35)18-6-8-19(9-7-18)39-23(14-17-4-2-1-3-5-17)37-22-11-10-20(15-21(22)25(39)41)43-16-24(40)38-26-36-12-13-44-26/h1-13,15,42H,14,16H2,(H,36,38,40). The van der Waals surface area contributed by atoms with E-state index in [-0.39, 0.29) is 34.6 Å². The highest BCUT2D eigenvalue weighted by molar-refractivity contribution is 7.13.